The average Bonchev–Trinajstić information content (AvgIpc) is 3.39. The molecule has 1 fully saturated rings. The van der Waals surface area contributed by atoms with Gasteiger partial charge in [0.05, 0.1) is 25.4 Å². The van der Waals surface area contributed by atoms with E-state index in [1.807, 2.05) is 6.08 Å². The lowest BCUT2D eigenvalue weighted by atomic mass is 9.99. The van der Waals surface area contributed by atoms with E-state index in [2.05, 4.69) is 79.9 Å². The molecule has 424 valence electrons. The zero-order chi connectivity index (χ0) is 52.9. The van der Waals surface area contributed by atoms with E-state index in [4.69, 9.17) is 9.47 Å². The van der Waals surface area contributed by atoms with E-state index in [9.17, 15) is 30.3 Å². The number of aliphatic hydroxyl groups is 5. The topological polar surface area (TPSA) is 149 Å². The summed E-state index contributed by atoms with van der Waals surface area (Å²) in [4.78, 5) is 13.1. The Kier molecular flexibility index (Phi) is 49.9. The standard InChI is InChI=1S/C64H115NO8/c1-3-5-7-9-11-13-15-17-19-21-23-24-25-26-27-28-29-30-31-32-33-34-36-38-40-42-44-46-48-50-52-54-60(68)65-57(56-72-64-63(71)62(70)61(69)59(55-66)73-64)58(67)53-51-49-47-45-43-41-39-37-35-22-20-18-16-14-12-10-8-6-4-2/h5,7,11,13,17,19,23-24,26-27,51,53,57-59,61-64,66-67,69-71H,3-4,6,8-10,12,14-16,18,20-22,25,28-50,52,54-56H2,1-2H3,(H,65,68)/b7-5-,13-11-,19-17-,24-23-,27-26-,53-51+. The van der Waals surface area contributed by atoms with E-state index in [-0.39, 0.29) is 12.5 Å². The normalized spacial score (nSPS) is 19.6. The molecule has 9 heteroatoms. The quantitative estimate of drug-likeness (QED) is 0.0261. The van der Waals surface area contributed by atoms with Crippen LogP contribution in [0.4, 0.5) is 0 Å². The maximum Gasteiger partial charge on any atom is 0.220 e. The zero-order valence-electron chi connectivity index (χ0n) is 47.1. The lowest BCUT2D eigenvalue weighted by molar-refractivity contribution is -0.302. The molecule has 1 rings (SSSR count). The van der Waals surface area contributed by atoms with Gasteiger partial charge in [-0.3, -0.25) is 4.79 Å². The first-order valence-electron chi connectivity index (χ1n) is 30.7. The molecule has 1 saturated heterocycles. The summed E-state index contributed by atoms with van der Waals surface area (Å²) in [5.74, 6) is -0.177. The summed E-state index contributed by atoms with van der Waals surface area (Å²) >= 11 is 0. The molecule has 0 aliphatic carbocycles. The van der Waals surface area contributed by atoms with Gasteiger partial charge in [0.15, 0.2) is 6.29 Å². The Bertz CT molecular complexity index is 1380. The van der Waals surface area contributed by atoms with Crippen LogP contribution in [0.1, 0.15) is 271 Å². The van der Waals surface area contributed by atoms with Crippen molar-refractivity contribution >= 4 is 5.91 Å². The van der Waals surface area contributed by atoms with Gasteiger partial charge in [-0.05, 0) is 64.2 Å². The first kappa shape index (κ1) is 68.6. The molecule has 7 unspecified atom stereocenters. The van der Waals surface area contributed by atoms with Crippen molar-refractivity contribution in [1.29, 1.82) is 0 Å². The first-order valence-corrected chi connectivity index (χ1v) is 30.7. The SMILES string of the molecule is CC/C=C\C/C=C\C/C=C\C/C=C\C/C=C\CCCCCCCCCCCCCCCCCC(=O)NC(COC1OC(CO)C(O)C(O)C1O)C(O)/C=C/CCCCCCCCCCCCCCCCCCC. The minimum absolute atomic E-state index is 0.177. The Morgan fingerprint density at radius 2 is 0.849 bits per heavy atom. The second-order valence-corrected chi connectivity index (χ2v) is 21.1. The molecule has 7 atom stereocenters. The second kappa shape index (κ2) is 53.0. The van der Waals surface area contributed by atoms with Gasteiger partial charge in [-0.1, -0.05) is 273 Å². The van der Waals surface area contributed by atoms with E-state index < -0.39 is 49.5 Å². The summed E-state index contributed by atoms with van der Waals surface area (Å²) in [6.45, 7) is 3.69. The molecule has 73 heavy (non-hydrogen) atoms. The Morgan fingerprint density at radius 3 is 1.26 bits per heavy atom. The lowest BCUT2D eigenvalue weighted by Gasteiger charge is -2.40. The van der Waals surface area contributed by atoms with Gasteiger partial charge < -0.3 is 40.3 Å². The highest BCUT2D eigenvalue weighted by Gasteiger charge is 2.44. The van der Waals surface area contributed by atoms with Gasteiger partial charge in [-0.2, -0.15) is 0 Å². The lowest BCUT2D eigenvalue weighted by Crippen LogP contribution is -2.60. The monoisotopic (exact) mass is 1030 g/mol. The highest BCUT2D eigenvalue weighted by atomic mass is 16.7. The van der Waals surface area contributed by atoms with E-state index in [1.165, 1.54) is 180 Å². The number of nitrogens with one attached hydrogen (secondary N) is 1. The number of unbranched alkanes of at least 4 members (excludes halogenated alkanes) is 32. The third-order valence-electron chi connectivity index (χ3n) is 14.3. The van der Waals surface area contributed by atoms with Crippen LogP contribution in [0.15, 0.2) is 72.9 Å². The van der Waals surface area contributed by atoms with Crippen LogP contribution < -0.4 is 5.32 Å². The number of ether oxygens (including phenoxy) is 2. The molecule has 9 nitrogen and oxygen atoms in total. The molecule has 1 aliphatic rings. The molecule has 1 heterocycles. The average molecular weight is 1030 g/mol. The summed E-state index contributed by atoms with van der Waals surface area (Å²) in [6.07, 6.45) is 66.8. The van der Waals surface area contributed by atoms with Crippen LogP contribution in [0.25, 0.3) is 0 Å². The fraction of sp³-hybridized carbons (Fsp3) is 0.797. The summed E-state index contributed by atoms with van der Waals surface area (Å²) in [5.41, 5.74) is 0. The molecule has 0 radical (unpaired) electrons. The molecule has 1 amide bonds. The summed E-state index contributed by atoms with van der Waals surface area (Å²) in [6, 6.07) is -0.808. The number of hydrogen-bond acceptors (Lipinski definition) is 8. The summed E-state index contributed by atoms with van der Waals surface area (Å²) < 4.78 is 11.3. The molecule has 6 N–H and O–H groups in total. The highest BCUT2D eigenvalue weighted by Crippen LogP contribution is 2.23. The van der Waals surface area contributed by atoms with E-state index >= 15 is 0 Å². The number of aliphatic hydroxyl groups excluding tert-OH is 5. The first-order chi connectivity index (χ1) is 35.8. The van der Waals surface area contributed by atoms with Crippen molar-refractivity contribution in [2.45, 2.75) is 314 Å². The van der Waals surface area contributed by atoms with Gasteiger partial charge in [0, 0.05) is 6.42 Å². The fourth-order valence-corrected chi connectivity index (χ4v) is 9.48. The molecule has 0 aromatic heterocycles. The molecule has 0 aromatic carbocycles. The Morgan fingerprint density at radius 1 is 0.479 bits per heavy atom. The van der Waals surface area contributed by atoms with E-state index in [1.54, 1.807) is 6.08 Å². The van der Waals surface area contributed by atoms with Crippen LogP contribution >= 0.6 is 0 Å². The Hall–Kier alpha value is -2.37. The predicted octanol–water partition coefficient (Wildman–Crippen LogP) is 15.6. The Labute approximate surface area is 448 Å². The van der Waals surface area contributed by atoms with E-state index in [0.717, 1.165) is 70.6 Å². The van der Waals surface area contributed by atoms with Crippen LogP contribution in [0.3, 0.4) is 0 Å². The fourth-order valence-electron chi connectivity index (χ4n) is 9.48. The van der Waals surface area contributed by atoms with Crippen molar-refractivity contribution in [2.24, 2.45) is 0 Å². The summed E-state index contributed by atoms with van der Waals surface area (Å²) in [5, 5.41) is 54.6. The molecular weight excluding hydrogens is 911 g/mol. The van der Waals surface area contributed by atoms with Crippen molar-refractivity contribution in [2.75, 3.05) is 13.2 Å². The van der Waals surface area contributed by atoms with Gasteiger partial charge in [0.25, 0.3) is 0 Å². The van der Waals surface area contributed by atoms with Crippen LogP contribution in [-0.4, -0.2) is 87.5 Å². The maximum absolute atomic E-state index is 13.1. The summed E-state index contributed by atoms with van der Waals surface area (Å²) in [7, 11) is 0. The molecule has 0 spiro atoms. The third-order valence-corrected chi connectivity index (χ3v) is 14.3. The van der Waals surface area contributed by atoms with Crippen molar-refractivity contribution in [3.8, 4) is 0 Å². The molecule has 0 aromatic rings. The Balaban J connectivity index is 2.17. The van der Waals surface area contributed by atoms with Crippen molar-refractivity contribution in [1.82, 2.24) is 5.32 Å². The number of carbonyl (C=O) groups excluding carboxylic acids is 1. The van der Waals surface area contributed by atoms with Crippen LogP contribution in [0.5, 0.6) is 0 Å². The smallest absolute Gasteiger partial charge is 0.220 e. The minimum Gasteiger partial charge on any atom is -0.394 e. The number of hydrogen-bond donors (Lipinski definition) is 6. The van der Waals surface area contributed by atoms with Crippen LogP contribution in [0.2, 0.25) is 0 Å². The number of amides is 1. The molecule has 0 bridgehead atoms. The van der Waals surface area contributed by atoms with Gasteiger partial charge in [0.1, 0.15) is 24.4 Å². The number of rotatable bonds is 52. The van der Waals surface area contributed by atoms with Gasteiger partial charge in [-0.25, -0.2) is 0 Å². The third kappa shape index (κ3) is 42.4. The minimum atomic E-state index is -1.57. The van der Waals surface area contributed by atoms with Crippen molar-refractivity contribution < 1.29 is 39.8 Å². The van der Waals surface area contributed by atoms with Gasteiger partial charge >= 0.3 is 0 Å². The van der Waals surface area contributed by atoms with Crippen molar-refractivity contribution in [3.05, 3.63) is 72.9 Å². The van der Waals surface area contributed by atoms with Gasteiger partial charge in [0.2, 0.25) is 5.91 Å². The van der Waals surface area contributed by atoms with Crippen molar-refractivity contribution in [3.63, 3.8) is 0 Å². The molecule has 1 aliphatic heterocycles. The predicted molar refractivity (Wildman–Crippen MR) is 309 cm³/mol. The van der Waals surface area contributed by atoms with Gasteiger partial charge in [-0.15, -0.1) is 0 Å². The highest BCUT2D eigenvalue weighted by molar-refractivity contribution is 5.76. The largest absolute Gasteiger partial charge is 0.394 e. The number of allylic oxidation sites excluding steroid dienone is 11. The van der Waals surface area contributed by atoms with Crippen LogP contribution in [0, 0.1) is 0 Å². The van der Waals surface area contributed by atoms with Crippen LogP contribution in [-0.2, 0) is 14.3 Å². The second-order valence-electron chi connectivity index (χ2n) is 21.1. The maximum atomic E-state index is 13.1. The zero-order valence-corrected chi connectivity index (χ0v) is 47.1. The molecule has 0 saturated carbocycles. The molecular formula is C64H115NO8. The van der Waals surface area contributed by atoms with E-state index in [0.29, 0.717) is 6.42 Å². The number of carbonyl (C=O) groups is 1.